The molecule has 4 nitrogen and oxygen atoms in total. The summed E-state index contributed by atoms with van der Waals surface area (Å²) in [5.74, 6) is 0.0264. The topological polar surface area (TPSA) is 61.0 Å². The summed E-state index contributed by atoms with van der Waals surface area (Å²) < 4.78 is 40.3. The lowest BCUT2D eigenvalue weighted by molar-refractivity contribution is -0.274. The molecule has 0 saturated heterocycles. The Morgan fingerprint density at radius 3 is 2.41 bits per heavy atom. The maximum Gasteiger partial charge on any atom is 0.573 e. The van der Waals surface area contributed by atoms with Crippen molar-refractivity contribution in [2.45, 2.75) is 6.36 Å². The number of nitrogen functional groups attached to an aromatic ring is 1. The van der Waals surface area contributed by atoms with Gasteiger partial charge in [-0.3, -0.25) is 4.98 Å². The summed E-state index contributed by atoms with van der Waals surface area (Å²) in [5, 5.41) is 0.777. The Morgan fingerprint density at radius 2 is 1.73 bits per heavy atom. The molecule has 0 bridgehead atoms. The fourth-order valence-corrected chi connectivity index (χ4v) is 2.16. The van der Waals surface area contributed by atoms with Gasteiger partial charge in [-0.25, -0.2) is 4.98 Å². The number of hydrogen-bond donors (Lipinski definition) is 1. The molecule has 2 N–H and O–H groups in total. The molecule has 0 amide bonds. The Kier molecular flexibility index (Phi) is 3.32. The summed E-state index contributed by atoms with van der Waals surface area (Å²) >= 11 is 0. The van der Waals surface area contributed by atoms with E-state index in [9.17, 15) is 13.2 Å². The maximum atomic E-state index is 12.2. The first kappa shape index (κ1) is 14.1. The number of ether oxygens (including phenoxy) is 1. The molecule has 0 atom stereocenters. The number of alkyl halides is 3. The zero-order valence-corrected chi connectivity index (χ0v) is 11.1. The molecule has 0 unspecified atom stereocenters. The van der Waals surface area contributed by atoms with Crippen molar-refractivity contribution in [2.24, 2.45) is 0 Å². The van der Waals surface area contributed by atoms with Crippen LogP contribution in [0.25, 0.3) is 22.0 Å². The van der Waals surface area contributed by atoms with Gasteiger partial charge in [-0.1, -0.05) is 18.2 Å². The van der Waals surface area contributed by atoms with Crippen molar-refractivity contribution in [2.75, 3.05) is 5.73 Å². The van der Waals surface area contributed by atoms with Gasteiger partial charge in [0, 0.05) is 23.3 Å². The highest BCUT2D eigenvalue weighted by atomic mass is 19.4. The van der Waals surface area contributed by atoms with E-state index in [2.05, 4.69) is 14.7 Å². The number of nitrogens with zero attached hydrogens (tertiary/aromatic N) is 2. The van der Waals surface area contributed by atoms with Crippen molar-refractivity contribution in [3.63, 3.8) is 0 Å². The SMILES string of the molecule is Nc1ncc(-c2ccc(OC(F)(F)F)cc2)c2cccnc12. The highest BCUT2D eigenvalue weighted by Crippen LogP contribution is 2.31. The lowest BCUT2D eigenvalue weighted by Gasteiger charge is -2.10. The van der Waals surface area contributed by atoms with Crippen molar-refractivity contribution >= 4 is 16.7 Å². The van der Waals surface area contributed by atoms with Gasteiger partial charge in [-0.05, 0) is 23.8 Å². The number of hydrogen-bond acceptors (Lipinski definition) is 4. The fraction of sp³-hybridized carbons (Fsp3) is 0.0667. The number of pyridine rings is 2. The molecular formula is C15H10F3N3O. The summed E-state index contributed by atoms with van der Waals surface area (Å²) in [6, 6.07) is 9.15. The van der Waals surface area contributed by atoms with E-state index >= 15 is 0 Å². The molecule has 22 heavy (non-hydrogen) atoms. The first-order valence-electron chi connectivity index (χ1n) is 6.29. The van der Waals surface area contributed by atoms with Crippen LogP contribution in [0.1, 0.15) is 0 Å². The molecule has 0 radical (unpaired) electrons. The second kappa shape index (κ2) is 5.18. The molecule has 0 fully saturated rings. The Balaban J connectivity index is 2.03. The third-order valence-corrected chi connectivity index (χ3v) is 3.07. The lowest BCUT2D eigenvalue weighted by Crippen LogP contribution is -2.16. The van der Waals surface area contributed by atoms with Gasteiger partial charge in [-0.15, -0.1) is 13.2 Å². The van der Waals surface area contributed by atoms with Crippen molar-refractivity contribution in [1.29, 1.82) is 0 Å². The minimum absolute atomic E-state index is 0.276. The molecule has 0 aliphatic rings. The van der Waals surface area contributed by atoms with E-state index in [1.807, 2.05) is 6.07 Å². The van der Waals surface area contributed by atoms with Crippen LogP contribution in [0.3, 0.4) is 0 Å². The third kappa shape index (κ3) is 2.78. The Labute approximate surface area is 123 Å². The first-order chi connectivity index (χ1) is 10.4. The molecule has 0 aliphatic carbocycles. The summed E-state index contributed by atoms with van der Waals surface area (Å²) in [4.78, 5) is 8.24. The standard InChI is InChI=1S/C15H10F3N3O/c16-15(17,18)22-10-5-3-9(4-6-10)12-8-21-14(19)13-11(12)2-1-7-20-13/h1-8H,(H2,19,21). The van der Waals surface area contributed by atoms with E-state index in [0.29, 0.717) is 16.9 Å². The van der Waals surface area contributed by atoms with E-state index in [-0.39, 0.29) is 5.75 Å². The molecule has 1 aromatic carbocycles. The summed E-state index contributed by atoms with van der Waals surface area (Å²) in [5.41, 5.74) is 7.76. The fourth-order valence-electron chi connectivity index (χ4n) is 2.16. The van der Waals surface area contributed by atoms with E-state index in [0.717, 1.165) is 10.9 Å². The van der Waals surface area contributed by atoms with Crippen LogP contribution in [-0.4, -0.2) is 16.3 Å². The van der Waals surface area contributed by atoms with Crippen LogP contribution in [0.2, 0.25) is 0 Å². The predicted octanol–water partition coefficient (Wildman–Crippen LogP) is 3.78. The van der Waals surface area contributed by atoms with Gasteiger partial charge < -0.3 is 10.5 Å². The van der Waals surface area contributed by atoms with Crippen LogP contribution in [0.4, 0.5) is 19.0 Å². The molecule has 3 rings (SSSR count). The minimum atomic E-state index is -4.71. The van der Waals surface area contributed by atoms with Gasteiger partial charge >= 0.3 is 6.36 Å². The molecular weight excluding hydrogens is 295 g/mol. The molecule has 2 aromatic heterocycles. The van der Waals surface area contributed by atoms with Crippen LogP contribution in [0.5, 0.6) is 5.75 Å². The van der Waals surface area contributed by atoms with Gasteiger partial charge in [0.25, 0.3) is 0 Å². The van der Waals surface area contributed by atoms with Crippen LogP contribution in [-0.2, 0) is 0 Å². The van der Waals surface area contributed by atoms with Crippen molar-refractivity contribution in [3.05, 3.63) is 48.8 Å². The highest BCUT2D eigenvalue weighted by Gasteiger charge is 2.30. The molecule has 0 spiro atoms. The monoisotopic (exact) mass is 305 g/mol. The largest absolute Gasteiger partial charge is 0.573 e. The highest BCUT2D eigenvalue weighted by molar-refractivity contribution is 5.98. The summed E-state index contributed by atoms with van der Waals surface area (Å²) in [6.07, 6.45) is -1.54. The normalized spacial score (nSPS) is 11.6. The maximum absolute atomic E-state index is 12.2. The van der Waals surface area contributed by atoms with Crippen LogP contribution < -0.4 is 10.5 Å². The molecule has 0 aliphatic heterocycles. The molecule has 3 aromatic rings. The molecule has 112 valence electrons. The number of nitrogens with two attached hydrogens (primary N) is 1. The molecule has 2 heterocycles. The van der Waals surface area contributed by atoms with Gasteiger partial charge in [0.05, 0.1) is 0 Å². The lowest BCUT2D eigenvalue weighted by atomic mass is 10.0. The zero-order chi connectivity index (χ0) is 15.7. The van der Waals surface area contributed by atoms with Crippen molar-refractivity contribution in [3.8, 4) is 16.9 Å². The quantitative estimate of drug-likeness (QED) is 0.782. The number of aromatic nitrogens is 2. The average molecular weight is 305 g/mol. The van der Waals surface area contributed by atoms with Gasteiger partial charge in [0.1, 0.15) is 17.1 Å². The van der Waals surface area contributed by atoms with E-state index < -0.39 is 6.36 Å². The van der Waals surface area contributed by atoms with Crippen molar-refractivity contribution < 1.29 is 17.9 Å². The number of fused-ring (bicyclic) bond motifs is 1. The Hall–Kier alpha value is -2.83. The molecule has 7 heteroatoms. The minimum Gasteiger partial charge on any atom is -0.406 e. The number of rotatable bonds is 2. The Bertz CT molecular complexity index is 816. The summed E-state index contributed by atoms with van der Waals surface area (Å²) in [6.45, 7) is 0. The van der Waals surface area contributed by atoms with E-state index in [4.69, 9.17) is 5.73 Å². The van der Waals surface area contributed by atoms with Crippen LogP contribution in [0, 0.1) is 0 Å². The van der Waals surface area contributed by atoms with E-state index in [1.54, 1.807) is 18.5 Å². The van der Waals surface area contributed by atoms with Gasteiger partial charge in [0.15, 0.2) is 0 Å². The first-order valence-corrected chi connectivity index (χ1v) is 6.29. The van der Waals surface area contributed by atoms with Gasteiger partial charge in [-0.2, -0.15) is 0 Å². The summed E-state index contributed by atoms with van der Waals surface area (Å²) in [7, 11) is 0. The predicted molar refractivity (Wildman–Crippen MR) is 76.1 cm³/mol. The van der Waals surface area contributed by atoms with E-state index in [1.165, 1.54) is 24.3 Å². The van der Waals surface area contributed by atoms with Crippen LogP contribution in [0.15, 0.2) is 48.8 Å². The van der Waals surface area contributed by atoms with Gasteiger partial charge in [0.2, 0.25) is 0 Å². The molecule has 0 saturated carbocycles. The average Bonchev–Trinajstić information content (AvgIpc) is 2.48. The third-order valence-electron chi connectivity index (χ3n) is 3.07. The second-order valence-corrected chi connectivity index (χ2v) is 4.53. The zero-order valence-electron chi connectivity index (χ0n) is 11.1. The number of anilines is 1. The van der Waals surface area contributed by atoms with Crippen LogP contribution >= 0.6 is 0 Å². The van der Waals surface area contributed by atoms with Crippen molar-refractivity contribution in [1.82, 2.24) is 9.97 Å². The second-order valence-electron chi connectivity index (χ2n) is 4.53. The Morgan fingerprint density at radius 1 is 1.00 bits per heavy atom. The smallest absolute Gasteiger partial charge is 0.406 e. The number of benzene rings is 1. The number of halogens is 3.